The average Bonchev–Trinajstić information content (AvgIpc) is 3.10. The van der Waals surface area contributed by atoms with Crippen LogP contribution in [0.1, 0.15) is 52.0 Å². The van der Waals surface area contributed by atoms with E-state index in [0.29, 0.717) is 19.4 Å². The number of nitrogens with zero attached hydrogens (tertiary/aromatic N) is 1. The van der Waals surface area contributed by atoms with Gasteiger partial charge in [-0.15, -0.1) is 0 Å². The van der Waals surface area contributed by atoms with Crippen LogP contribution in [0.15, 0.2) is 54.6 Å². The molecule has 0 aromatic heterocycles. The average molecular weight is 421 g/mol. The Morgan fingerprint density at radius 2 is 1.84 bits per heavy atom. The van der Waals surface area contributed by atoms with Gasteiger partial charge in [-0.2, -0.15) is 0 Å². The van der Waals surface area contributed by atoms with Gasteiger partial charge in [-0.1, -0.05) is 54.6 Å². The highest BCUT2D eigenvalue weighted by atomic mass is 16.6. The van der Waals surface area contributed by atoms with Crippen molar-refractivity contribution in [2.24, 2.45) is 0 Å². The van der Waals surface area contributed by atoms with E-state index >= 15 is 0 Å². The highest BCUT2D eigenvalue weighted by Crippen LogP contribution is 2.38. The molecule has 0 aliphatic carbocycles. The van der Waals surface area contributed by atoms with E-state index in [9.17, 15) is 9.59 Å². The van der Waals surface area contributed by atoms with E-state index in [1.807, 2.05) is 43.9 Å². The van der Waals surface area contributed by atoms with Crippen molar-refractivity contribution in [3.05, 3.63) is 60.2 Å². The summed E-state index contributed by atoms with van der Waals surface area (Å²) in [5.41, 5.74) is 2.54. The maximum Gasteiger partial charge on any atom is 0.410 e. The Balaban J connectivity index is 1.65. The van der Waals surface area contributed by atoms with Crippen LogP contribution in [0.3, 0.4) is 0 Å². The molecule has 5 heteroatoms. The van der Waals surface area contributed by atoms with Crippen LogP contribution in [0.25, 0.3) is 11.1 Å². The zero-order chi connectivity index (χ0) is 22.1. The summed E-state index contributed by atoms with van der Waals surface area (Å²) in [6, 6.07) is 18.6. The molecule has 0 bridgehead atoms. The molecule has 2 aromatic rings. The topological polar surface area (TPSA) is 58.6 Å². The molecule has 2 aliphatic rings. The number of amides is 2. The van der Waals surface area contributed by atoms with Gasteiger partial charge in [0.1, 0.15) is 5.60 Å². The lowest BCUT2D eigenvalue weighted by Crippen LogP contribution is -2.64. The van der Waals surface area contributed by atoms with Gasteiger partial charge in [0.15, 0.2) is 0 Å². The first-order chi connectivity index (χ1) is 14.8. The van der Waals surface area contributed by atoms with Crippen LogP contribution in [-0.2, 0) is 16.0 Å². The van der Waals surface area contributed by atoms with Gasteiger partial charge >= 0.3 is 6.09 Å². The maximum atomic E-state index is 13.1. The van der Waals surface area contributed by atoms with Crippen LogP contribution < -0.4 is 5.32 Å². The van der Waals surface area contributed by atoms with Crippen LogP contribution in [0, 0.1) is 0 Å². The molecule has 0 radical (unpaired) electrons. The Labute approximate surface area is 184 Å². The normalized spacial score (nSPS) is 23.6. The Kier molecular flexibility index (Phi) is 5.78. The van der Waals surface area contributed by atoms with E-state index in [4.69, 9.17) is 4.74 Å². The highest BCUT2D eigenvalue weighted by molar-refractivity contribution is 5.80. The Bertz CT molecular complexity index is 951. The summed E-state index contributed by atoms with van der Waals surface area (Å²) in [4.78, 5) is 27.2. The fourth-order valence-corrected chi connectivity index (χ4v) is 4.94. The molecule has 1 spiro atoms. The van der Waals surface area contributed by atoms with Gasteiger partial charge in [-0.05, 0) is 63.1 Å². The number of hydrogen-bond acceptors (Lipinski definition) is 3. The molecule has 2 unspecified atom stereocenters. The zero-order valence-electron chi connectivity index (χ0n) is 18.7. The highest BCUT2D eigenvalue weighted by Gasteiger charge is 2.50. The molecular weight excluding hydrogens is 388 g/mol. The van der Waals surface area contributed by atoms with Gasteiger partial charge in [-0.25, -0.2) is 4.79 Å². The molecule has 5 nitrogen and oxygen atoms in total. The Morgan fingerprint density at radius 3 is 2.52 bits per heavy atom. The first-order valence-corrected chi connectivity index (χ1v) is 11.2. The molecule has 2 heterocycles. The maximum absolute atomic E-state index is 13.1. The minimum Gasteiger partial charge on any atom is -0.444 e. The standard InChI is InChI=1S/C26H32N2O3/c1-25(2,3)31-24(30)28-16-8-14-26(15-13-23(29)27-26)22(28)18-19-9-7-12-21(17-19)20-10-5-4-6-11-20/h4-7,9-12,17,22H,8,13-16,18H2,1-3H3,(H,27,29). The minimum absolute atomic E-state index is 0.0778. The van der Waals surface area contributed by atoms with Crippen molar-refractivity contribution >= 4 is 12.0 Å². The second-order valence-electron chi connectivity index (χ2n) is 9.77. The zero-order valence-corrected chi connectivity index (χ0v) is 18.7. The number of piperidine rings is 1. The molecule has 2 fully saturated rings. The number of nitrogens with one attached hydrogen (secondary N) is 1. The summed E-state index contributed by atoms with van der Waals surface area (Å²) < 4.78 is 5.74. The fourth-order valence-electron chi connectivity index (χ4n) is 4.94. The molecule has 2 aromatic carbocycles. The van der Waals surface area contributed by atoms with E-state index in [-0.39, 0.29) is 23.6 Å². The molecule has 2 atom stereocenters. The lowest BCUT2D eigenvalue weighted by Gasteiger charge is -2.48. The predicted octanol–water partition coefficient (Wildman–Crippen LogP) is 4.94. The van der Waals surface area contributed by atoms with Crippen molar-refractivity contribution in [1.82, 2.24) is 10.2 Å². The van der Waals surface area contributed by atoms with Crippen molar-refractivity contribution in [2.45, 2.75) is 70.1 Å². The van der Waals surface area contributed by atoms with Gasteiger partial charge in [-0.3, -0.25) is 4.79 Å². The summed E-state index contributed by atoms with van der Waals surface area (Å²) in [5, 5.41) is 3.25. The Morgan fingerprint density at radius 1 is 1.10 bits per heavy atom. The van der Waals surface area contributed by atoms with E-state index in [0.717, 1.165) is 30.4 Å². The van der Waals surface area contributed by atoms with E-state index in [2.05, 4.69) is 41.7 Å². The number of hydrogen-bond donors (Lipinski definition) is 1. The van der Waals surface area contributed by atoms with Crippen LogP contribution in [0.2, 0.25) is 0 Å². The monoisotopic (exact) mass is 420 g/mol. The van der Waals surface area contributed by atoms with Gasteiger partial charge in [0.05, 0.1) is 11.6 Å². The largest absolute Gasteiger partial charge is 0.444 e. The van der Waals surface area contributed by atoms with E-state index in [1.54, 1.807) is 0 Å². The van der Waals surface area contributed by atoms with Crippen molar-refractivity contribution in [3.8, 4) is 11.1 Å². The van der Waals surface area contributed by atoms with Crippen molar-refractivity contribution in [1.29, 1.82) is 0 Å². The van der Waals surface area contributed by atoms with Gasteiger partial charge in [0, 0.05) is 13.0 Å². The molecular formula is C26H32N2O3. The number of rotatable bonds is 3. The third kappa shape index (κ3) is 4.76. The summed E-state index contributed by atoms with van der Waals surface area (Å²) >= 11 is 0. The third-order valence-electron chi connectivity index (χ3n) is 6.31. The summed E-state index contributed by atoms with van der Waals surface area (Å²) in [5.74, 6) is 0.0778. The summed E-state index contributed by atoms with van der Waals surface area (Å²) in [6.45, 7) is 6.32. The smallest absolute Gasteiger partial charge is 0.410 e. The molecule has 2 amide bonds. The van der Waals surface area contributed by atoms with Crippen LogP contribution >= 0.6 is 0 Å². The number of benzene rings is 2. The van der Waals surface area contributed by atoms with Crippen molar-refractivity contribution in [3.63, 3.8) is 0 Å². The predicted molar refractivity (Wildman–Crippen MR) is 122 cm³/mol. The fraction of sp³-hybridized carbons (Fsp3) is 0.462. The first-order valence-electron chi connectivity index (χ1n) is 11.2. The van der Waals surface area contributed by atoms with E-state index < -0.39 is 5.60 Å². The molecule has 4 rings (SSSR count). The second kappa shape index (κ2) is 8.37. The van der Waals surface area contributed by atoms with Gasteiger partial charge in [0.25, 0.3) is 0 Å². The quantitative estimate of drug-likeness (QED) is 0.765. The number of ether oxygens (including phenoxy) is 1. The number of carbonyl (C=O) groups is 2. The molecule has 2 aliphatic heterocycles. The minimum atomic E-state index is -0.557. The van der Waals surface area contributed by atoms with Crippen LogP contribution in [0.4, 0.5) is 4.79 Å². The van der Waals surface area contributed by atoms with Crippen LogP contribution in [0.5, 0.6) is 0 Å². The molecule has 31 heavy (non-hydrogen) atoms. The molecule has 2 saturated heterocycles. The van der Waals surface area contributed by atoms with Gasteiger partial charge < -0.3 is 15.0 Å². The second-order valence-corrected chi connectivity index (χ2v) is 9.77. The van der Waals surface area contributed by atoms with Gasteiger partial charge in [0.2, 0.25) is 5.91 Å². The lowest BCUT2D eigenvalue weighted by atomic mass is 9.77. The first kappa shape index (κ1) is 21.4. The third-order valence-corrected chi connectivity index (χ3v) is 6.31. The lowest BCUT2D eigenvalue weighted by molar-refractivity contribution is -0.120. The summed E-state index contributed by atoms with van der Waals surface area (Å²) in [6.07, 6.45) is 3.41. The molecule has 1 N–H and O–H groups in total. The number of likely N-dealkylation sites (tertiary alicyclic amines) is 1. The molecule has 0 saturated carbocycles. The Hall–Kier alpha value is -2.82. The van der Waals surface area contributed by atoms with Crippen molar-refractivity contribution < 1.29 is 14.3 Å². The van der Waals surface area contributed by atoms with Crippen LogP contribution in [-0.4, -0.2) is 40.6 Å². The van der Waals surface area contributed by atoms with Crippen molar-refractivity contribution in [2.75, 3.05) is 6.54 Å². The molecule has 164 valence electrons. The summed E-state index contributed by atoms with van der Waals surface area (Å²) in [7, 11) is 0. The SMILES string of the molecule is CC(C)(C)OC(=O)N1CCCC2(CCC(=O)N2)C1Cc1cccc(-c2ccccc2)c1. The number of carbonyl (C=O) groups excluding carboxylic acids is 2. The van der Waals surface area contributed by atoms with E-state index in [1.165, 1.54) is 5.56 Å².